The minimum Gasteiger partial charge on any atom is -0.351 e. The lowest BCUT2D eigenvalue weighted by atomic mass is 9.79. The molecule has 0 saturated heterocycles. The molecule has 4 heteroatoms. The molecule has 0 aromatic heterocycles. The molecule has 4 nitrogen and oxygen atoms in total. The third-order valence-electron chi connectivity index (χ3n) is 3.55. The summed E-state index contributed by atoms with van der Waals surface area (Å²) in [7, 11) is 0. The molecule has 2 rings (SSSR count). The number of allylic oxidation sites excluding steroid dienone is 2. The zero-order valence-corrected chi connectivity index (χ0v) is 12.6. The highest BCUT2D eigenvalue weighted by Crippen LogP contribution is 2.32. The average molecular weight is 263 g/mol. The third kappa shape index (κ3) is 3.58. The predicted octanol–water partition coefficient (Wildman–Crippen LogP) is 2.22. The number of rotatable bonds is 1. The highest BCUT2D eigenvalue weighted by molar-refractivity contribution is 6.05. The van der Waals surface area contributed by atoms with Crippen LogP contribution >= 0.6 is 0 Å². The van der Waals surface area contributed by atoms with Crippen molar-refractivity contribution in [1.29, 1.82) is 0 Å². The van der Waals surface area contributed by atoms with E-state index < -0.39 is 0 Å². The van der Waals surface area contributed by atoms with Crippen molar-refractivity contribution in [3.05, 3.63) is 11.6 Å². The first kappa shape index (κ1) is 14.1. The number of guanidine groups is 1. The Balaban J connectivity index is 2.08. The molecule has 0 fully saturated rings. The van der Waals surface area contributed by atoms with Gasteiger partial charge in [-0.2, -0.15) is 0 Å². The van der Waals surface area contributed by atoms with Gasteiger partial charge in [-0.1, -0.05) is 18.6 Å². The van der Waals surface area contributed by atoms with Crippen LogP contribution in [-0.2, 0) is 4.79 Å². The zero-order chi connectivity index (χ0) is 14.2. The van der Waals surface area contributed by atoms with Gasteiger partial charge in [0.1, 0.15) is 6.04 Å². The van der Waals surface area contributed by atoms with Gasteiger partial charge in [0.15, 0.2) is 5.96 Å². The zero-order valence-electron chi connectivity index (χ0n) is 12.6. The van der Waals surface area contributed by atoms with Crippen LogP contribution in [0.2, 0.25) is 0 Å². The fourth-order valence-corrected chi connectivity index (χ4v) is 3.00. The first-order valence-electron chi connectivity index (χ1n) is 7.09. The molecule has 2 N–H and O–H groups in total. The minimum atomic E-state index is -0.226. The van der Waals surface area contributed by atoms with Gasteiger partial charge in [-0.25, -0.2) is 4.99 Å². The maximum absolute atomic E-state index is 12.1. The molecular weight excluding hydrogens is 238 g/mol. The summed E-state index contributed by atoms with van der Waals surface area (Å²) in [6.45, 7) is 10.5. The molecule has 1 amide bonds. The maximum Gasteiger partial charge on any atom is 0.251 e. The van der Waals surface area contributed by atoms with Crippen molar-refractivity contribution in [3.8, 4) is 0 Å². The molecule has 19 heavy (non-hydrogen) atoms. The summed E-state index contributed by atoms with van der Waals surface area (Å²) in [5.41, 5.74) is 1.29. The van der Waals surface area contributed by atoms with Crippen LogP contribution in [0.1, 0.15) is 47.5 Å². The first-order chi connectivity index (χ1) is 8.74. The van der Waals surface area contributed by atoms with E-state index in [9.17, 15) is 4.79 Å². The summed E-state index contributed by atoms with van der Waals surface area (Å²) < 4.78 is 0. The second-order valence-electron chi connectivity index (χ2n) is 6.98. The van der Waals surface area contributed by atoms with E-state index in [0.717, 1.165) is 12.8 Å². The average Bonchev–Trinajstić information content (AvgIpc) is 2.54. The second-order valence-corrected chi connectivity index (χ2v) is 6.98. The molecule has 106 valence electrons. The summed E-state index contributed by atoms with van der Waals surface area (Å²) in [4.78, 5) is 16.7. The summed E-state index contributed by atoms with van der Waals surface area (Å²) in [6, 6.07) is -0.226. The van der Waals surface area contributed by atoms with Crippen molar-refractivity contribution in [2.75, 3.05) is 0 Å². The van der Waals surface area contributed by atoms with Crippen LogP contribution in [0, 0.1) is 11.8 Å². The van der Waals surface area contributed by atoms with E-state index in [0.29, 0.717) is 17.8 Å². The smallest absolute Gasteiger partial charge is 0.251 e. The van der Waals surface area contributed by atoms with Crippen molar-refractivity contribution in [2.24, 2.45) is 16.8 Å². The Morgan fingerprint density at radius 3 is 2.68 bits per heavy atom. The van der Waals surface area contributed by atoms with Gasteiger partial charge in [-0.05, 0) is 52.4 Å². The quantitative estimate of drug-likeness (QED) is 0.713. The molecule has 3 atom stereocenters. The van der Waals surface area contributed by atoms with Crippen LogP contribution < -0.4 is 10.6 Å². The predicted molar refractivity (Wildman–Crippen MR) is 77.9 cm³/mol. The Bertz CT molecular complexity index is 431. The number of hydrogen-bond acceptors (Lipinski definition) is 3. The highest BCUT2D eigenvalue weighted by atomic mass is 16.2. The Hall–Kier alpha value is -1.32. The van der Waals surface area contributed by atoms with Crippen molar-refractivity contribution >= 4 is 11.9 Å². The standard InChI is InChI=1S/C15H25N3O/c1-9-6-10(2)8-11(7-9)12-13(19)17-14(16-12)18-15(3,4)5/h6,9,11-12H,7-8H2,1-5H3,(H2,16,17,18,19). The van der Waals surface area contributed by atoms with Gasteiger partial charge >= 0.3 is 0 Å². The third-order valence-corrected chi connectivity index (χ3v) is 3.55. The first-order valence-corrected chi connectivity index (χ1v) is 7.09. The summed E-state index contributed by atoms with van der Waals surface area (Å²) >= 11 is 0. The van der Waals surface area contributed by atoms with E-state index in [1.165, 1.54) is 5.57 Å². The molecule has 1 aliphatic carbocycles. The number of hydrogen-bond donors (Lipinski definition) is 2. The van der Waals surface area contributed by atoms with Crippen LogP contribution in [0.15, 0.2) is 16.6 Å². The molecule has 3 unspecified atom stereocenters. The van der Waals surface area contributed by atoms with Crippen LogP contribution in [0.3, 0.4) is 0 Å². The molecule has 0 bridgehead atoms. The lowest BCUT2D eigenvalue weighted by Gasteiger charge is -2.27. The van der Waals surface area contributed by atoms with Gasteiger partial charge in [-0.15, -0.1) is 0 Å². The number of nitrogens with one attached hydrogen (secondary N) is 2. The van der Waals surface area contributed by atoms with E-state index in [2.05, 4.69) is 56.3 Å². The van der Waals surface area contributed by atoms with Crippen LogP contribution in [0.5, 0.6) is 0 Å². The summed E-state index contributed by atoms with van der Waals surface area (Å²) in [5.74, 6) is 1.54. The molecule has 0 spiro atoms. The molecule has 1 heterocycles. The highest BCUT2D eigenvalue weighted by Gasteiger charge is 2.36. The molecule has 1 aliphatic heterocycles. The van der Waals surface area contributed by atoms with Crippen LogP contribution in [-0.4, -0.2) is 23.4 Å². The molecule has 0 aromatic rings. The lowest BCUT2D eigenvalue weighted by molar-refractivity contribution is -0.121. The number of carbonyl (C=O) groups is 1. The molecule has 0 saturated carbocycles. The van der Waals surface area contributed by atoms with Crippen molar-refractivity contribution in [1.82, 2.24) is 10.6 Å². The monoisotopic (exact) mass is 263 g/mol. The molecule has 2 aliphatic rings. The van der Waals surface area contributed by atoms with E-state index in [1.54, 1.807) is 0 Å². The largest absolute Gasteiger partial charge is 0.351 e. The normalized spacial score (nSPS) is 31.6. The van der Waals surface area contributed by atoms with Gasteiger partial charge < -0.3 is 5.32 Å². The molecule has 0 radical (unpaired) electrons. The van der Waals surface area contributed by atoms with E-state index >= 15 is 0 Å². The van der Waals surface area contributed by atoms with Crippen LogP contribution in [0.25, 0.3) is 0 Å². The maximum atomic E-state index is 12.1. The van der Waals surface area contributed by atoms with Gasteiger partial charge in [0.25, 0.3) is 5.91 Å². The van der Waals surface area contributed by atoms with Gasteiger partial charge in [0.2, 0.25) is 0 Å². The Morgan fingerprint density at radius 1 is 1.42 bits per heavy atom. The van der Waals surface area contributed by atoms with Gasteiger partial charge in [0, 0.05) is 5.54 Å². The number of carbonyl (C=O) groups excluding carboxylic acids is 1. The Labute approximate surface area is 115 Å². The molecule has 0 aromatic carbocycles. The van der Waals surface area contributed by atoms with Crippen molar-refractivity contribution in [2.45, 2.75) is 59.0 Å². The number of aliphatic imine (C=N–C) groups is 1. The van der Waals surface area contributed by atoms with E-state index in [4.69, 9.17) is 0 Å². The Morgan fingerprint density at radius 2 is 2.11 bits per heavy atom. The number of nitrogens with zero attached hydrogens (tertiary/aromatic N) is 1. The SMILES string of the molecule is CC1=CC(C)CC(C2N=C(NC(C)(C)C)NC2=O)C1. The van der Waals surface area contributed by atoms with E-state index in [1.807, 2.05) is 0 Å². The van der Waals surface area contributed by atoms with Crippen molar-refractivity contribution in [3.63, 3.8) is 0 Å². The fraction of sp³-hybridized carbons (Fsp3) is 0.733. The lowest BCUT2D eigenvalue weighted by Crippen LogP contribution is -2.47. The summed E-state index contributed by atoms with van der Waals surface area (Å²) in [5, 5.41) is 6.11. The van der Waals surface area contributed by atoms with Crippen LogP contribution in [0.4, 0.5) is 0 Å². The number of amides is 1. The second kappa shape index (κ2) is 4.99. The van der Waals surface area contributed by atoms with E-state index in [-0.39, 0.29) is 17.5 Å². The van der Waals surface area contributed by atoms with Crippen molar-refractivity contribution < 1.29 is 4.79 Å². The minimum absolute atomic E-state index is 0.0404. The van der Waals surface area contributed by atoms with Gasteiger partial charge in [-0.3, -0.25) is 10.1 Å². The topological polar surface area (TPSA) is 53.5 Å². The molecular formula is C15H25N3O. The summed E-state index contributed by atoms with van der Waals surface area (Å²) in [6.07, 6.45) is 4.33. The Kier molecular flexibility index (Phi) is 3.70. The fourth-order valence-electron chi connectivity index (χ4n) is 3.00. The van der Waals surface area contributed by atoms with Gasteiger partial charge in [0.05, 0.1) is 0 Å².